The van der Waals surface area contributed by atoms with Gasteiger partial charge >= 0.3 is 0 Å². The minimum absolute atomic E-state index is 0. The van der Waals surface area contributed by atoms with E-state index in [1.54, 1.807) is 7.11 Å². The zero-order chi connectivity index (χ0) is 24.2. The molecule has 0 radical (unpaired) electrons. The van der Waals surface area contributed by atoms with Crippen molar-refractivity contribution in [2.45, 2.75) is 13.0 Å². The highest BCUT2D eigenvalue weighted by Crippen LogP contribution is 2.37. The van der Waals surface area contributed by atoms with Crippen molar-refractivity contribution in [2.24, 2.45) is 4.99 Å². The summed E-state index contributed by atoms with van der Waals surface area (Å²) in [6.45, 7) is 6.29. The second-order valence-electron chi connectivity index (χ2n) is 8.23. The van der Waals surface area contributed by atoms with Crippen LogP contribution >= 0.6 is 24.8 Å². The van der Waals surface area contributed by atoms with Crippen LogP contribution in [0.2, 0.25) is 0 Å². The number of rotatable bonds is 7. The summed E-state index contributed by atoms with van der Waals surface area (Å²) in [5.74, 6) is 1.51. The molecule has 0 spiro atoms. The fourth-order valence-corrected chi connectivity index (χ4v) is 4.24. The lowest BCUT2D eigenvalue weighted by molar-refractivity contribution is 0.0357. The van der Waals surface area contributed by atoms with E-state index in [4.69, 9.17) is 24.9 Å². The quantitative estimate of drug-likeness (QED) is 0.279. The summed E-state index contributed by atoms with van der Waals surface area (Å²) in [4.78, 5) is 31.8. The molecule has 1 fully saturated rings. The van der Waals surface area contributed by atoms with Crippen molar-refractivity contribution in [3.63, 3.8) is 0 Å². The van der Waals surface area contributed by atoms with Gasteiger partial charge in [-0.2, -0.15) is 4.99 Å². The second kappa shape index (κ2) is 18.2. The highest BCUT2D eigenvalue weighted by Gasteiger charge is 2.21. The van der Waals surface area contributed by atoms with E-state index < -0.39 is 5.91 Å². The number of carbonyl (C=O) groups is 1. The Kier molecular flexibility index (Phi) is 17.6. The van der Waals surface area contributed by atoms with Crippen molar-refractivity contribution in [3.8, 4) is 11.5 Å². The highest BCUT2D eigenvalue weighted by atomic mass is 35.5. The number of nitrogens with zero attached hydrogens (tertiary/aromatic N) is 6. The number of anilines is 2. The SMILES string of the molecule is COc1c(OCCCN2CCOCC2)ccc2c3n(c(=NC(=O)c4cnc(N)nc4)nc12)CCN3.Cl.Cl.O.O.O.O. The zero-order valence-corrected chi connectivity index (χ0v) is 24.0. The molecule has 0 atom stereocenters. The van der Waals surface area contributed by atoms with Gasteiger partial charge in [-0.05, 0) is 18.6 Å². The lowest BCUT2D eigenvalue weighted by atomic mass is 10.2. The number of fused-ring (bicyclic) bond motifs is 3. The molecule has 2 aliphatic heterocycles. The third kappa shape index (κ3) is 8.82. The molecular weight excluding hydrogens is 587 g/mol. The summed E-state index contributed by atoms with van der Waals surface area (Å²) in [7, 11) is 1.58. The van der Waals surface area contributed by atoms with Crippen LogP contribution in [0.5, 0.6) is 11.5 Å². The standard InChI is InChI=1S/C23H28N8O4.2ClH.4H2O/c1-33-19-17(35-10-2-6-30-8-11-34-12-9-30)4-3-16-18(19)28-23(31-7-5-25-20(16)31)29-21(32)15-13-26-22(24)27-14-15;;;;;;/h3-4,13-14,25H,2,5-12H2,1H3,(H2,24,26,27);2*1H;4*1H2. The van der Waals surface area contributed by atoms with Gasteiger partial charge in [0.1, 0.15) is 11.3 Å². The Morgan fingerprint density at radius 2 is 1.78 bits per heavy atom. The number of nitrogens with two attached hydrogens (primary N) is 1. The first-order valence-electron chi connectivity index (χ1n) is 11.6. The molecule has 2 aromatic heterocycles. The molecule has 3 aromatic rings. The van der Waals surface area contributed by atoms with Crippen molar-refractivity contribution in [1.82, 2.24) is 24.4 Å². The molecule has 0 bridgehead atoms. The van der Waals surface area contributed by atoms with Crippen LogP contribution in [0.25, 0.3) is 10.9 Å². The third-order valence-electron chi connectivity index (χ3n) is 6.01. The molecular formula is C23H38Cl2N8O8. The summed E-state index contributed by atoms with van der Waals surface area (Å²) in [5.41, 5.74) is 6.58. The summed E-state index contributed by atoms with van der Waals surface area (Å²) in [6, 6.07) is 3.85. The van der Waals surface area contributed by atoms with E-state index in [0.717, 1.165) is 50.5 Å². The second-order valence-corrected chi connectivity index (χ2v) is 8.23. The number of morpholine rings is 1. The van der Waals surface area contributed by atoms with Crippen LogP contribution in [0.3, 0.4) is 0 Å². The van der Waals surface area contributed by atoms with Crippen LogP contribution in [0, 0.1) is 0 Å². The average Bonchev–Trinajstić information content (AvgIpc) is 3.38. The van der Waals surface area contributed by atoms with Crippen LogP contribution in [0.4, 0.5) is 11.8 Å². The number of nitrogen functional groups attached to an aromatic ring is 1. The Hall–Kier alpha value is -3.35. The van der Waals surface area contributed by atoms with Crippen molar-refractivity contribution in [2.75, 3.05) is 64.2 Å². The maximum Gasteiger partial charge on any atom is 0.283 e. The van der Waals surface area contributed by atoms with E-state index in [0.29, 0.717) is 36.7 Å². The van der Waals surface area contributed by atoms with E-state index in [1.165, 1.54) is 12.4 Å². The number of carbonyl (C=O) groups excluding carboxylic acids is 1. The van der Waals surface area contributed by atoms with Crippen LogP contribution in [0.15, 0.2) is 29.5 Å². The number of ether oxygens (including phenoxy) is 3. The van der Waals surface area contributed by atoms with Gasteiger partial charge in [0.25, 0.3) is 5.91 Å². The van der Waals surface area contributed by atoms with Crippen molar-refractivity contribution in [3.05, 3.63) is 35.7 Å². The summed E-state index contributed by atoms with van der Waals surface area (Å²) in [5, 5.41) is 4.22. The summed E-state index contributed by atoms with van der Waals surface area (Å²) < 4.78 is 19.1. The molecule has 0 aliphatic carbocycles. The molecule has 232 valence electrons. The maximum atomic E-state index is 12.8. The Morgan fingerprint density at radius 3 is 2.44 bits per heavy atom. The molecule has 16 nitrogen and oxygen atoms in total. The van der Waals surface area contributed by atoms with E-state index >= 15 is 0 Å². The van der Waals surface area contributed by atoms with E-state index in [1.807, 2.05) is 16.7 Å². The molecule has 11 N–H and O–H groups in total. The normalized spacial score (nSPS) is 13.8. The van der Waals surface area contributed by atoms with Crippen LogP contribution in [-0.4, -0.2) is 105 Å². The number of nitrogens with one attached hydrogen (secondary N) is 1. The Morgan fingerprint density at radius 1 is 1.10 bits per heavy atom. The van der Waals surface area contributed by atoms with Gasteiger partial charge in [-0.25, -0.2) is 15.0 Å². The monoisotopic (exact) mass is 624 g/mol. The predicted octanol–water partition coefficient (Wildman–Crippen LogP) is -1.77. The molecule has 5 rings (SSSR count). The van der Waals surface area contributed by atoms with Gasteiger partial charge < -0.3 is 47.2 Å². The molecule has 1 saturated heterocycles. The topological polar surface area (TPSA) is 268 Å². The molecule has 1 aromatic carbocycles. The summed E-state index contributed by atoms with van der Waals surface area (Å²) >= 11 is 0. The molecule has 0 saturated carbocycles. The van der Waals surface area contributed by atoms with Crippen molar-refractivity contribution in [1.29, 1.82) is 0 Å². The first kappa shape index (κ1) is 39.8. The fraction of sp³-hybridized carbons (Fsp3) is 0.435. The minimum Gasteiger partial charge on any atom is -0.491 e. The van der Waals surface area contributed by atoms with Crippen LogP contribution in [-0.2, 0) is 11.3 Å². The Bertz CT molecular complexity index is 1310. The average molecular weight is 626 g/mol. The number of aromatic nitrogens is 4. The third-order valence-corrected chi connectivity index (χ3v) is 6.01. The van der Waals surface area contributed by atoms with Crippen LogP contribution in [0.1, 0.15) is 16.8 Å². The Balaban J connectivity index is 0. The van der Waals surface area contributed by atoms with E-state index in [2.05, 4.69) is 25.2 Å². The number of methoxy groups -OCH3 is 1. The van der Waals surface area contributed by atoms with E-state index in [-0.39, 0.29) is 63.8 Å². The number of hydrogen-bond acceptors (Lipinski definition) is 10. The van der Waals surface area contributed by atoms with Gasteiger partial charge in [-0.3, -0.25) is 14.3 Å². The van der Waals surface area contributed by atoms with E-state index in [9.17, 15) is 4.79 Å². The van der Waals surface area contributed by atoms with Gasteiger partial charge in [-0.15, -0.1) is 24.8 Å². The first-order chi connectivity index (χ1) is 17.1. The largest absolute Gasteiger partial charge is 0.491 e. The molecule has 2 aliphatic rings. The number of amides is 1. The van der Waals surface area contributed by atoms with Gasteiger partial charge in [-0.1, -0.05) is 0 Å². The molecule has 41 heavy (non-hydrogen) atoms. The van der Waals surface area contributed by atoms with Gasteiger partial charge in [0.05, 0.1) is 32.5 Å². The maximum absolute atomic E-state index is 12.8. The molecule has 1 amide bonds. The highest BCUT2D eigenvalue weighted by molar-refractivity contribution is 5.96. The van der Waals surface area contributed by atoms with Gasteiger partial charge in [0.2, 0.25) is 11.6 Å². The lowest BCUT2D eigenvalue weighted by Crippen LogP contribution is -2.37. The minimum atomic E-state index is -0.507. The Labute approximate surface area is 248 Å². The fourth-order valence-electron chi connectivity index (χ4n) is 4.24. The first-order valence-corrected chi connectivity index (χ1v) is 11.6. The smallest absolute Gasteiger partial charge is 0.283 e. The van der Waals surface area contributed by atoms with Gasteiger partial charge in [0, 0.05) is 50.5 Å². The molecule has 18 heteroatoms. The lowest BCUT2D eigenvalue weighted by Gasteiger charge is -2.26. The van der Waals surface area contributed by atoms with Crippen LogP contribution < -0.4 is 26.1 Å². The predicted molar refractivity (Wildman–Crippen MR) is 157 cm³/mol. The number of halogens is 2. The van der Waals surface area contributed by atoms with Crippen molar-refractivity contribution >= 4 is 53.4 Å². The van der Waals surface area contributed by atoms with Gasteiger partial charge in [0.15, 0.2) is 11.5 Å². The summed E-state index contributed by atoms with van der Waals surface area (Å²) in [6.07, 6.45) is 3.58. The molecule has 0 unspecified atom stereocenters. The zero-order valence-electron chi connectivity index (χ0n) is 22.4. The number of hydrogen-bond donors (Lipinski definition) is 2. The molecule has 4 heterocycles. The van der Waals surface area contributed by atoms with Crippen molar-refractivity contribution < 1.29 is 40.9 Å². The number of benzene rings is 1.